The first-order chi connectivity index (χ1) is 12.3. The van der Waals surface area contributed by atoms with Crippen molar-refractivity contribution in [2.75, 3.05) is 13.7 Å². The number of carbonyl (C=O) groups is 1. The zero-order valence-corrected chi connectivity index (χ0v) is 19.1. The van der Waals surface area contributed by atoms with Gasteiger partial charge in [-0.3, -0.25) is 4.79 Å². The molecule has 1 fully saturated rings. The summed E-state index contributed by atoms with van der Waals surface area (Å²) in [6.07, 6.45) is -0.0141. The lowest BCUT2D eigenvalue weighted by Crippen LogP contribution is -2.45. The summed E-state index contributed by atoms with van der Waals surface area (Å²) in [6.45, 7) is 12.7. The molecule has 152 valence electrons. The van der Waals surface area contributed by atoms with E-state index in [4.69, 9.17) is 9.16 Å². The van der Waals surface area contributed by atoms with Crippen molar-refractivity contribution in [3.8, 4) is 0 Å². The summed E-state index contributed by atoms with van der Waals surface area (Å²) in [7, 11) is -4.63. The maximum Gasteiger partial charge on any atom is 0.324 e. The Morgan fingerprint density at radius 2 is 1.74 bits per heavy atom. The third kappa shape index (κ3) is 4.61. The Morgan fingerprint density at radius 1 is 1.19 bits per heavy atom. The normalized spacial score (nSPS) is 22.0. The highest BCUT2D eigenvalue weighted by atomic mass is 32.2. The second kappa shape index (κ2) is 7.65. The van der Waals surface area contributed by atoms with Crippen molar-refractivity contribution in [1.29, 1.82) is 0 Å². The molecule has 1 aliphatic rings. The molecule has 1 saturated heterocycles. The van der Waals surface area contributed by atoms with Crippen molar-refractivity contribution in [3.63, 3.8) is 0 Å². The lowest BCUT2D eigenvalue weighted by molar-refractivity contribution is -0.144. The van der Waals surface area contributed by atoms with Gasteiger partial charge < -0.3 is 9.16 Å². The molecule has 1 aromatic rings. The molecule has 0 amide bonds. The minimum atomic E-state index is -3.82. The standard InChI is InChI=1S/C19H31NO5SSi/c1-14-8-10-16(11-9-14)26(22,23)20-13-15(12-17(20)18(21)24-5)25-27(6,7)19(2,3)4/h8-11,15,17H,12-13H2,1-7H3/t15-,17+/m0/s1. The van der Waals surface area contributed by atoms with E-state index in [1.165, 1.54) is 11.4 Å². The Morgan fingerprint density at radius 3 is 2.22 bits per heavy atom. The van der Waals surface area contributed by atoms with E-state index in [0.29, 0.717) is 6.42 Å². The second-order valence-electron chi connectivity index (χ2n) is 8.66. The van der Waals surface area contributed by atoms with Gasteiger partial charge in [0.15, 0.2) is 8.32 Å². The molecular formula is C19H31NO5SSi. The number of esters is 1. The molecule has 0 radical (unpaired) electrons. The maximum atomic E-state index is 13.2. The predicted molar refractivity (Wildman–Crippen MR) is 108 cm³/mol. The molecule has 1 aromatic carbocycles. The van der Waals surface area contributed by atoms with Gasteiger partial charge in [-0.1, -0.05) is 38.5 Å². The highest BCUT2D eigenvalue weighted by molar-refractivity contribution is 7.89. The summed E-state index contributed by atoms with van der Waals surface area (Å²) in [5.74, 6) is -0.549. The summed E-state index contributed by atoms with van der Waals surface area (Å²) in [5, 5.41) is -0.00296. The van der Waals surface area contributed by atoms with E-state index in [0.717, 1.165) is 5.56 Å². The van der Waals surface area contributed by atoms with Gasteiger partial charge >= 0.3 is 5.97 Å². The smallest absolute Gasteiger partial charge is 0.324 e. The van der Waals surface area contributed by atoms with E-state index < -0.39 is 30.4 Å². The van der Waals surface area contributed by atoms with Crippen molar-refractivity contribution in [3.05, 3.63) is 29.8 Å². The van der Waals surface area contributed by atoms with Crippen LogP contribution in [0.3, 0.4) is 0 Å². The van der Waals surface area contributed by atoms with Crippen LogP contribution in [0.4, 0.5) is 0 Å². The lowest BCUT2D eigenvalue weighted by Gasteiger charge is -2.38. The van der Waals surface area contributed by atoms with Gasteiger partial charge in [-0.05, 0) is 37.2 Å². The van der Waals surface area contributed by atoms with Crippen molar-refractivity contribution in [2.24, 2.45) is 0 Å². The molecule has 0 aliphatic carbocycles. The molecule has 0 aromatic heterocycles. The highest BCUT2D eigenvalue weighted by Gasteiger charge is 2.48. The summed E-state index contributed by atoms with van der Waals surface area (Å²) in [4.78, 5) is 12.5. The monoisotopic (exact) mass is 413 g/mol. The fourth-order valence-corrected chi connectivity index (χ4v) is 5.89. The van der Waals surface area contributed by atoms with Gasteiger partial charge in [0.2, 0.25) is 10.0 Å². The average molecular weight is 414 g/mol. The summed E-state index contributed by atoms with van der Waals surface area (Å²) in [5.41, 5.74) is 0.971. The molecule has 2 atom stereocenters. The predicted octanol–water partition coefficient (Wildman–Crippen LogP) is 3.32. The number of methoxy groups -OCH3 is 1. The van der Waals surface area contributed by atoms with Gasteiger partial charge in [-0.25, -0.2) is 8.42 Å². The van der Waals surface area contributed by atoms with Crippen molar-refractivity contribution in [2.45, 2.75) is 69.3 Å². The van der Waals surface area contributed by atoms with Crippen LogP contribution < -0.4 is 0 Å². The van der Waals surface area contributed by atoms with Crippen LogP contribution in [0.25, 0.3) is 0 Å². The average Bonchev–Trinajstić information content (AvgIpc) is 2.97. The molecule has 0 saturated carbocycles. The first-order valence-corrected chi connectivity index (χ1v) is 13.5. The van der Waals surface area contributed by atoms with Crippen molar-refractivity contribution < 1.29 is 22.4 Å². The van der Waals surface area contributed by atoms with Gasteiger partial charge in [0.25, 0.3) is 0 Å². The molecule has 0 spiro atoms. The number of aryl methyl sites for hydroxylation is 1. The summed E-state index contributed by atoms with van der Waals surface area (Å²) >= 11 is 0. The molecular weight excluding hydrogens is 382 g/mol. The summed E-state index contributed by atoms with van der Waals surface area (Å²) < 4.78 is 38.8. The SMILES string of the molecule is COC(=O)[C@H]1C[C@H](O[Si](C)(C)C(C)(C)C)CN1S(=O)(=O)c1ccc(C)cc1. The van der Waals surface area contributed by atoms with Gasteiger partial charge in [0.1, 0.15) is 6.04 Å². The van der Waals surface area contributed by atoms with Gasteiger partial charge in [0.05, 0.1) is 18.1 Å². The topological polar surface area (TPSA) is 72.9 Å². The zero-order valence-electron chi connectivity index (χ0n) is 17.3. The van der Waals surface area contributed by atoms with E-state index in [9.17, 15) is 13.2 Å². The number of carbonyl (C=O) groups excluding carboxylic acids is 1. The van der Waals surface area contributed by atoms with Gasteiger partial charge in [-0.2, -0.15) is 4.31 Å². The minimum Gasteiger partial charge on any atom is -0.468 e. The fraction of sp³-hybridized carbons (Fsp3) is 0.632. The van der Waals surface area contributed by atoms with Crippen molar-refractivity contribution in [1.82, 2.24) is 4.31 Å². The van der Waals surface area contributed by atoms with Crippen LogP contribution in [0.2, 0.25) is 18.1 Å². The van der Waals surface area contributed by atoms with Crippen LogP contribution in [0.15, 0.2) is 29.2 Å². The fourth-order valence-electron chi connectivity index (χ4n) is 2.91. The first kappa shape index (κ1) is 22.1. The van der Waals surface area contributed by atoms with Crippen LogP contribution in [0.5, 0.6) is 0 Å². The number of sulfonamides is 1. The van der Waals surface area contributed by atoms with Crippen LogP contribution in [0.1, 0.15) is 32.8 Å². The first-order valence-electron chi connectivity index (χ1n) is 9.14. The Balaban J connectivity index is 2.33. The number of hydrogen-bond donors (Lipinski definition) is 0. The van der Waals surface area contributed by atoms with Gasteiger partial charge in [0, 0.05) is 13.0 Å². The molecule has 0 bridgehead atoms. The summed E-state index contributed by atoms with van der Waals surface area (Å²) in [6, 6.07) is 5.78. The molecule has 27 heavy (non-hydrogen) atoms. The third-order valence-electron chi connectivity index (χ3n) is 5.59. The van der Waals surface area contributed by atoms with E-state index in [1.54, 1.807) is 24.3 Å². The van der Waals surface area contributed by atoms with Crippen LogP contribution >= 0.6 is 0 Å². The quantitative estimate of drug-likeness (QED) is 0.547. The number of benzene rings is 1. The van der Waals surface area contributed by atoms with Crippen LogP contribution in [0, 0.1) is 6.92 Å². The molecule has 2 rings (SSSR count). The second-order valence-corrected chi connectivity index (χ2v) is 15.3. The van der Waals surface area contributed by atoms with Gasteiger partial charge in [-0.15, -0.1) is 0 Å². The highest BCUT2D eigenvalue weighted by Crippen LogP contribution is 2.39. The number of ether oxygens (including phenoxy) is 1. The Bertz CT molecular complexity index is 783. The van der Waals surface area contributed by atoms with Crippen LogP contribution in [-0.4, -0.2) is 52.8 Å². The van der Waals surface area contributed by atoms with E-state index in [2.05, 4.69) is 33.9 Å². The Labute approximate surface area is 164 Å². The molecule has 0 unspecified atom stereocenters. The number of rotatable bonds is 5. The lowest BCUT2D eigenvalue weighted by atomic mass is 10.2. The zero-order chi connectivity index (χ0) is 20.6. The number of nitrogens with zero attached hydrogens (tertiary/aromatic N) is 1. The van der Waals surface area contributed by atoms with Crippen molar-refractivity contribution >= 4 is 24.3 Å². The molecule has 1 heterocycles. The maximum absolute atomic E-state index is 13.2. The Kier molecular flexibility index (Phi) is 6.26. The largest absolute Gasteiger partial charge is 0.468 e. The number of hydrogen-bond acceptors (Lipinski definition) is 5. The van der Waals surface area contributed by atoms with Crippen LogP contribution in [-0.2, 0) is 24.0 Å². The molecule has 8 heteroatoms. The minimum absolute atomic E-state index is 0.00296. The molecule has 1 aliphatic heterocycles. The van der Waals surface area contributed by atoms with E-state index in [1.807, 2.05) is 6.92 Å². The Hall–Kier alpha value is -1.22. The molecule has 6 nitrogen and oxygen atoms in total. The third-order valence-corrected chi connectivity index (χ3v) is 12.0. The van der Waals surface area contributed by atoms with E-state index in [-0.39, 0.29) is 22.6 Å². The molecule has 0 N–H and O–H groups in total. The van der Waals surface area contributed by atoms with E-state index >= 15 is 0 Å².